The number of nitro groups is 1. The number of nitrogens with one attached hydrogen (secondary N) is 1. The summed E-state index contributed by atoms with van der Waals surface area (Å²) in [5, 5.41) is 31.4. The Labute approximate surface area is 284 Å². The van der Waals surface area contributed by atoms with Crippen molar-refractivity contribution in [2.75, 3.05) is 12.4 Å². The minimum atomic E-state index is -0.522. The van der Waals surface area contributed by atoms with Gasteiger partial charge in [-0.2, -0.15) is 5.10 Å². The smallest absolute Gasteiger partial charge is 0.269 e. The summed E-state index contributed by atoms with van der Waals surface area (Å²) in [6, 6.07) is 24.6. The van der Waals surface area contributed by atoms with Crippen LogP contribution in [0.4, 0.5) is 5.69 Å². The van der Waals surface area contributed by atoms with Gasteiger partial charge >= 0.3 is 0 Å². The van der Waals surface area contributed by atoms with Crippen LogP contribution < -0.4 is 10.1 Å². The Balaban J connectivity index is 1.23. The number of amides is 2. The lowest BCUT2D eigenvalue weighted by atomic mass is 10.00. The van der Waals surface area contributed by atoms with Crippen molar-refractivity contribution in [3.05, 3.63) is 128 Å². The number of aromatic nitrogens is 3. The van der Waals surface area contributed by atoms with Crippen LogP contribution in [0.3, 0.4) is 0 Å². The summed E-state index contributed by atoms with van der Waals surface area (Å²) in [7, 11) is 0. The summed E-state index contributed by atoms with van der Waals surface area (Å²) in [6.45, 7) is 4.47. The quantitative estimate of drug-likeness (QED) is 0.0912. The minimum absolute atomic E-state index is 0.0145. The van der Waals surface area contributed by atoms with E-state index in [1.807, 2.05) is 79.9 Å². The summed E-state index contributed by atoms with van der Waals surface area (Å²) in [4.78, 5) is 38.2. The fraction of sp³-hybridized carbons (Fsp3) is 0.206. The van der Waals surface area contributed by atoms with Gasteiger partial charge in [-0.15, -0.1) is 21.5 Å². The number of aryl methyl sites for hydroxylation is 1. The lowest BCUT2D eigenvalue weighted by molar-refractivity contribution is -0.384. The number of nitro benzene ring substituents is 1. The number of rotatable bonds is 12. The maximum atomic E-state index is 13.8. The number of hydrogen-bond acceptors (Lipinski definition) is 10. The Kier molecular flexibility index (Phi) is 9.92. The van der Waals surface area contributed by atoms with Gasteiger partial charge in [-0.1, -0.05) is 47.7 Å². The number of carbonyl (C=O) groups excluding carboxylic acids is 2. The highest BCUT2D eigenvalue weighted by molar-refractivity contribution is 7.99. The van der Waals surface area contributed by atoms with E-state index < -0.39 is 10.8 Å². The molecule has 2 aromatic heterocycles. The number of hydrazone groups is 1. The molecule has 0 spiro atoms. The zero-order valence-electron chi connectivity index (χ0n) is 26.1. The number of ether oxygens (including phenoxy) is 1. The van der Waals surface area contributed by atoms with Crippen LogP contribution in [-0.4, -0.2) is 54.6 Å². The first-order valence-corrected chi connectivity index (χ1v) is 17.0. The fourth-order valence-electron chi connectivity index (χ4n) is 5.19. The van der Waals surface area contributed by atoms with Crippen LogP contribution in [0.2, 0.25) is 0 Å². The number of carbonyl (C=O) groups is 2. The molecule has 1 atom stereocenters. The predicted molar refractivity (Wildman–Crippen MR) is 184 cm³/mol. The molecule has 0 saturated heterocycles. The molecule has 244 valence electrons. The van der Waals surface area contributed by atoms with Gasteiger partial charge in [0, 0.05) is 29.8 Å². The second-order valence-corrected chi connectivity index (χ2v) is 12.7. The molecule has 0 saturated carbocycles. The zero-order valence-corrected chi connectivity index (χ0v) is 27.7. The van der Waals surface area contributed by atoms with E-state index in [1.165, 1.54) is 36.0 Å². The molecular formula is C34H31N7O5S2. The van der Waals surface area contributed by atoms with Crippen molar-refractivity contribution >= 4 is 46.3 Å². The van der Waals surface area contributed by atoms with E-state index in [9.17, 15) is 19.7 Å². The third-order valence-corrected chi connectivity index (χ3v) is 9.44. The molecular weight excluding hydrogens is 651 g/mol. The summed E-state index contributed by atoms with van der Waals surface area (Å²) in [5.74, 6) is 0.578. The van der Waals surface area contributed by atoms with Gasteiger partial charge in [-0.25, -0.2) is 5.01 Å². The van der Waals surface area contributed by atoms with Gasteiger partial charge < -0.3 is 10.1 Å². The van der Waals surface area contributed by atoms with E-state index in [1.54, 1.807) is 20.9 Å². The van der Waals surface area contributed by atoms with Crippen LogP contribution in [0.5, 0.6) is 5.75 Å². The van der Waals surface area contributed by atoms with Crippen molar-refractivity contribution in [1.29, 1.82) is 0 Å². The minimum Gasteiger partial charge on any atom is -0.494 e. The standard InChI is InChI=1S/C34H31N7O5S2/c1-3-46-27-16-14-25(15-17-27)39-31(20-35-33(43)24-10-12-26(13-11-24)41(44)45)36-37-34(39)48-21-32(42)40-29(23-8-6-22(2)7-9-23)19-28(38-40)30-5-4-18-47-30/h4-18,29H,3,19-21H2,1-2H3,(H,35,43)/t29-/m1/s1. The summed E-state index contributed by atoms with van der Waals surface area (Å²) in [6.07, 6.45) is 0.612. The van der Waals surface area contributed by atoms with Crippen LogP contribution in [0.15, 0.2) is 101 Å². The molecule has 5 aromatic rings. The topological polar surface area (TPSA) is 145 Å². The SMILES string of the molecule is CCOc1ccc(-n2c(CNC(=O)c3ccc([N+](=O)[O-])cc3)nnc2SCC(=O)N2N=C(c3cccs3)C[C@@H]2c2ccc(C)cc2)cc1. The molecule has 3 heterocycles. The number of thioether (sulfide) groups is 1. The molecule has 3 aromatic carbocycles. The lowest BCUT2D eigenvalue weighted by Gasteiger charge is -2.22. The largest absolute Gasteiger partial charge is 0.494 e. The summed E-state index contributed by atoms with van der Waals surface area (Å²) < 4.78 is 7.39. The van der Waals surface area contributed by atoms with Gasteiger partial charge in [-0.3, -0.25) is 24.3 Å². The molecule has 2 amide bonds. The van der Waals surface area contributed by atoms with Gasteiger partial charge in [0.15, 0.2) is 11.0 Å². The number of hydrogen-bond donors (Lipinski definition) is 1. The van der Waals surface area contributed by atoms with E-state index in [-0.39, 0.29) is 35.5 Å². The van der Waals surface area contributed by atoms with Crippen molar-refractivity contribution in [2.45, 2.75) is 38.0 Å². The molecule has 0 bridgehead atoms. The molecule has 1 N–H and O–H groups in total. The van der Waals surface area contributed by atoms with Crippen LogP contribution in [-0.2, 0) is 11.3 Å². The molecule has 1 aliphatic rings. The number of nitrogens with zero attached hydrogens (tertiary/aromatic N) is 6. The van der Waals surface area contributed by atoms with Gasteiger partial charge in [-0.05, 0) is 67.3 Å². The third kappa shape index (κ3) is 7.29. The van der Waals surface area contributed by atoms with E-state index in [0.29, 0.717) is 29.8 Å². The van der Waals surface area contributed by atoms with Gasteiger partial charge in [0.05, 0.1) is 40.5 Å². The summed E-state index contributed by atoms with van der Waals surface area (Å²) >= 11 is 2.82. The van der Waals surface area contributed by atoms with Crippen LogP contribution >= 0.6 is 23.1 Å². The first kappa shape index (κ1) is 32.6. The van der Waals surface area contributed by atoms with Crippen molar-refractivity contribution < 1.29 is 19.2 Å². The van der Waals surface area contributed by atoms with Gasteiger partial charge in [0.1, 0.15) is 5.75 Å². The highest BCUT2D eigenvalue weighted by Crippen LogP contribution is 2.35. The highest BCUT2D eigenvalue weighted by Gasteiger charge is 2.33. The molecule has 0 fully saturated rings. The number of non-ortho nitro benzene ring substituents is 1. The van der Waals surface area contributed by atoms with Crippen LogP contribution in [0.1, 0.15) is 51.6 Å². The maximum absolute atomic E-state index is 13.8. The second kappa shape index (κ2) is 14.6. The highest BCUT2D eigenvalue weighted by atomic mass is 32.2. The van der Waals surface area contributed by atoms with Crippen LogP contribution in [0, 0.1) is 17.0 Å². The van der Waals surface area contributed by atoms with E-state index in [2.05, 4.69) is 15.5 Å². The molecule has 0 unspecified atom stereocenters. The average molecular weight is 682 g/mol. The first-order chi connectivity index (χ1) is 23.3. The molecule has 1 aliphatic heterocycles. The number of thiophene rings is 1. The Hall–Kier alpha value is -5.34. The normalized spacial score (nSPS) is 14.1. The molecule has 14 heteroatoms. The van der Waals surface area contributed by atoms with Crippen molar-refractivity contribution in [2.24, 2.45) is 5.10 Å². The Morgan fingerprint density at radius 1 is 1.04 bits per heavy atom. The molecule has 0 radical (unpaired) electrons. The molecule has 12 nitrogen and oxygen atoms in total. The number of benzene rings is 3. The van der Waals surface area contributed by atoms with Gasteiger partial charge in [0.2, 0.25) is 0 Å². The zero-order chi connectivity index (χ0) is 33.6. The van der Waals surface area contributed by atoms with E-state index >= 15 is 0 Å². The van der Waals surface area contributed by atoms with E-state index in [0.717, 1.165) is 27.4 Å². The second-order valence-electron chi connectivity index (χ2n) is 10.8. The average Bonchev–Trinajstić information content (AvgIpc) is 3.88. The summed E-state index contributed by atoms with van der Waals surface area (Å²) in [5.41, 5.74) is 3.90. The Bertz CT molecular complexity index is 1940. The molecule has 0 aliphatic carbocycles. The third-order valence-electron chi connectivity index (χ3n) is 7.61. The van der Waals surface area contributed by atoms with Crippen LogP contribution in [0.25, 0.3) is 5.69 Å². The van der Waals surface area contributed by atoms with E-state index in [4.69, 9.17) is 9.84 Å². The Morgan fingerprint density at radius 2 is 1.79 bits per heavy atom. The van der Waals surface area contributed by atoms with Gasteiger partial charge in [0.25, 0.3) is 17.5 Å². The fourth-order valence-corrected chi connectivity index (χ4v) is 6.74. The predicted octanol–water partition coefficient (Wildman–Crippen LogP) is 6.34. The van der Waals surface area contributed by atoms with Crippen molar-refractivity contribution in [1.82, 2.24) is 25.1 Å². The molecule has 48 heavy (non-hydrogen) atoms. The monoisotopic (exact) mass is 681 g/mol. The van der Waals surface area contributed by atoms with Crippen molar-refractivity contribution in [3.63, 3.8) is 0 Å². The Morgan fingerprint density at radius 3 is 2.46 bits per heavy atom. The van der Waals surface area contributed by atoms with Crippen molar-refractivity contribution in [3.8, 4) is 11.4 Å². The molecule has 6 rings (SSSR count). The lowest BCUT2D eigenvalue weighted by Crippen LogP contribution is -2.28. The maximum Gasteiger partial charge on any atom is 0.269 e. The first-order valence-electron chi connectivity index (χ1n) is 15.1.